The van der Waals surface area contributed by atoms with E-state index in [1.165, 1.54) is 0 Å². The summed E-state index contributed by atoms with van der Waals surface area (Å²) in [6.07, 6.45) is 2.71. The summed E-state index contributed by atoms with van der Waals surface area (Å²) in [5.41, 5.74) is 1.87. The number of aliphatic hydroxyl groups is 1. The summed E-state index contributed by atoms with van der Waals surface area (Å²) in [6, 6.07) is 5.75. The number of ether oxygens (including phenoxy) is 1. The number of aliphatic hydroxyl groups excluding tert-OH is 1. The topological polar surface area (TPSA) is 74.4 Å². The number of carbonyl (C=O) groups is 1. The van der Waals surface area contributed by atoms with Crippen LogP contribution in [0, 0.1) is 5.92 Å². The molecule has 0 aliphatic rings. The second-order valence-electron chi connectivity index (χ2n) is 5.80. The van der Waals surface area contributed by atoms with Crippen LogP contribution < -0.4 is 10.1 Å². The van der Waals surface area contributed by atoms with Crippen LogP contribution in [0.5, 0.6) is 5.75 Å². The number of nitrogens with one attached hydrogen (secondary N) is 2. The Balaban J connectivity index is 2.15. The summed E-state index contributed by atoms with van der Waals surface area (Å²) in [4.78, 5) is 15.5. The molecular weight excluding hydrogens is 280 g/mol. The summed E-state index contributed by atoms with van der Waals surface area (Å²) in [5, 5.41) is 13.0. The van der Waals surface area contributed by atoms with E-state index in [2.05, 4.69) is 10.3 Å². The molecule has 0 spiro atoms. The summed E-state index contributed by atoms with van der Waals surface area (Å²) in [7, 11) is 1.63. The first-order valence-electron chi connectivity index (χ1n) is 7.60. The Hall–Kier alpha value is -2.01. The number of rotatable bonds is 7. The Morgan fingerprint density at radius 1 is 1.41 bits per heavy atom. The van der Waals surface area contributed by atoms with Gasteiger partial charge in [-0.25, -0.2) is 0 Å². The highest BCUT2D eigenvalue weighted by Gasteiger charge is 2.17. The lowest BCUT2D eigenvalue weighted by atomic mass is 10.0. The van der Waals surface area contributed by atoms with Crippen LogP contribution in [-0.4, -0.2) is 35.8 Å². The van der Waals surface area contributed by atoms with Crippen molar-refractivity contribution in [1.29, 1.82) is 0 Å². The van der Waals surface area contributed by atoms with Gasteiger partial charge in [-0.2, -0.15) is 0 Å². The Bertz CT molecular complexity index is 634. The second kappa shape index (κ2) is 7.31. The van der Waals surface area contributed by atoms with Gasteiger partial charge in [0.2, 0.25) is 5.91 Å². The molecule has 0 bridgehead atoms. The Labute approximate surface area is 130 Å². The lowest BCUT2D eigenvalue weighted by molar-refractivity contribution is -0.121. The average Bonchev–Trinajstić information content (AvgIpc) is 2.89. The van der Waals surface area contributed by atoms with Crippen molar-refractivity contribution in [2.75, 3.05) is 13.7 Å². The first kappa shape index (κ1) is 16.4. The van der Waals surface area contributed by atoms with Gasteiger partial charge in [0.25, 0.3) is 0 Å². The highest BCUT2D eigenvalue weighted by molar-refractivity contribution is 5.93. The van der Waals surface area contributed by atoms with E-state index in [0.29, 0.717) is 6.42 Å². The summed E-state index contributed by atoms with van der Waals surface area (Å²) in [5.74, 6) is 1.00. The van der Waals surface area contributed by atoms with Crippen molar-refractivity contribution in [2.24, 2.45) is 5.92 Å². The minimum Gasteiger partial charge on any atom is -0.496 e. The van der Waals surface area contributed by atoms with E-state index in [4.69, 9.17) is 9.84 Å². The highest BCUT2D eigenvalue weighted by Crippen LogP contribution is 2.28. The molecule has 1 amide bonds. The lowest BCUT2D eigenvalue weighted by Crippen LogP contribution is -2.39. The van der Waals surface area contributed by atoms with Crippen LogP contribution >= 0.6 is 0 Å². The predicted molar refractivity (Wildman–Crippen MR) is 87.0 cm³/mol. The fourth-order valence-corrected chi connectivity index (χ4v) is 2.67. The zero-order valence-corrected chi connectivity index (χ0v) is 13.3. The first-order chi connectivity index (χ1) is 10.6. The van der Waals surface area contributed by atoms with Crippen molar-refractivity contribution >= 4 is 16.8 Å². The smallest absolute Gasteiger partial charge is 0.224 e. The SMILES string of the molecule is COc1cccc2[nH]cc(CC(=O)NC(CCO)C(C)C)c12. The summed E-state index contributed by atoms with van der Waals surface area (Å²) >= 11 is 0. The second-order valence-corrected chi connectivity index (χ2v) is 5.80. The van der Waals surface area contributed by atoms with E-state index in [1.54, 1.807) is 7.11 Å². The van der Waals surface area contributed by atoms with E-state index >= 15 is 0 Å². The molecule has 1 aromatic carbocycles. The predicted octanol–water partition coefficient (Wildman–Crippen LogP) is 2.24. The van der Waals surface area contributed by atoms with Gasteiger partial charge in [0.1, 0.15) is 5.75 Å². The van der Waals surface area contributed by atoms with Gasteiger partial charge in [-0.3, -0.25) is 4.79 Å². The van der Waals surface area contributed by atoms with Crippen LogP contribution in [0.4, 0.5) is 0 Å². The number of H-pyrrole nitrogens is 1. The van der Waals surface area contributed by atoms with Crippen molar-refractivity contribution < 1.29 is 14.6 Å². The van der Waals surface area contributed by atoms with Crippen LogP contribution in [0.25, 0.3) is 10.9 Å². The number of aromatic amines is 1. The molecule has 120 valence electrons. The van der Waals surface area contributed by atoms with Crippen molar-refractivity contribution in [2.45, 2.75) is 32.7 Å². The molecule has 1 aromatic heterocycles. The van der Waals surface area contributed by atoms with E-state index in [-0.39, 0.29) is 30.9 Å². The van der Waals surface area contributed by atoms with Crippen LogP contribution in [0.1, 0.15) is 25.8 Å². The van der Waals surface area contributed by atoms with Gasteiger partial charge in [0.05, 0.1) is 13.5 Å². The molecule has 0 saturated heterocycles. The first-order valence-corrected chi connectivity index (χ1v) is 7.60. The highest BCUT2D eigenvalue weighted by atomic mass is 16.5. The normalized spacial score (nSPS) is 12.6. The standard InChI is InChI=1S/C17H24N2O3/c1-11(2)13(7-8-20)19-16(21)9-12-10-18-14-5-4-6-15(22-3)17(12)14/h4-6,10-11,13,18,20H,7-9H2,1-3H3,(H,19,21). The molecular formula is C17H24N2O3. The molecule has 2 rings (SSSR count). The molecule has 1 atom stereocenters. The molecule has 0 radical (unpaired) electrons. The lowest BCUT2D eigenvalue weighted by Gasteiger charge is -2.21. The van der Waals surface area contributed by atoms with E-state index < -0.39 is 0 Å². The maximum absolute atomic E-state index is 12.3. The maximum Gasteiger partial charge on any atom is 0.224 e. The number of hydrogen-bond acceptors (Lipinski definition) is 3. The minimum absolute atomic E-state index is 0.00963. The van der Waals surface area contributed by atoms with Gasteiger partial charge in [0, 0.05) is 29.7 Å². The molecule has 5 heteroatoms. The Morgan fingerprint density at radius 3 is 2.82 bits per heavy atom. The van der Waals surface area contributed by atoms with Crippen LogP contribution in [-0.2, 0) is 11.2 Å². The Morgan fingerprint density at radius 2 is 2.18 bits per heavy atom. The molecule has 0 fully saturated rings. The number of carbonyl (C=O) groups excluding carboxylic acids is 1. The third-order valence-corrected chi connectivity index (χ3v) is 3.91. The number of fused-ring (bicyclic) bond motifs is 1. The maximum atomic E-state index is 12.3. The van der Waals surface area contributed by atoms with Crippen LogP contribution in [0.15, 0.2) is 24.4 Å². The molecule has 0 saturated carbocycles. The number of benzene rings is 1. The molecule has 0 aliphatic heterocycles. The van der Waals surface area contributed by atoms with Crippen molar-refractivity contribution in [1.82, 2.24) is 10.3 Å². The van der Waals surface area contributed by atoms with Gasteiger partial charge in [-0.05, 0) is 30.0 Å². The summed E-state index contributed by atoms with van der Waals surface area (Å²) in [6.45, 7) is 4.15. The van der Waals surface area contributed by atoms with Crippen molar-refractivity contribution in [3.8, 4) is 5.75 Å². The number of hydrogen-bond donors (Lipinski definition) is 3. The molecule has 5 nitrogen and oxygen atoms in total. The third-order valence-electron chi connectivity index (χ3n) is 3.91. The fraction of sp³-hybridized carbons (Fsp3) is 0.471. The largest absolute Gasteiger partial charge is 0.496 e. The average molecular weight is 304 g/mol. The fourth-order valence-electron chi connectivity index (χ4n) is 2.67. The van der Waals surface area contributed by atoms with Crippen LogP contribution in [0.3, 0.4) is 0 Å². The molecule has 3 N–H and O–H groups in total. The molecule has 1 heterocycles. The van der Waals surface area contributed by atoms with Crippen LogP contribution in [0.2, 0.25) is 0 Å². The number of aromatic nitrogens is 1. The molecule has 1 unspecified atom stereocenters. The van der Waals surface area contributed by atoms with E-state index in [9.17, 15) is 4.79 Å². The third kappa shape index (κ3) is 3.60. The number of methoxy groups -OCH3 is 1. The Kier molecular flexibility index (Phi) is 5.44. The van der Waals surface area contributed by atoms with E-state index in [1.807, 2.05) is 38.2 Å². The zero-order valence-electron chi connectivity index (χ0n) is 13.3. The quantitative estimate of drug-likeness (QED) is 0.734. The minimum atomic E-state index is -0.0426. The monoisotopic (exact) mass is 304 g/mol. The van der Waals surface area contributed by atoms with Crippen molar-refractivity contribution in [3.63, 3.8) is 0 Å². The van der Waals surface area contributed by atoms with Gasteiger partial charge in [-0.15, -0.1) is 0 Å². The summed E-state index contributed by atoms with van der Waals surface area (Å²) < 4.78 is 5.38. The van der Waals surface area contributed by atoms with Gasteiger partial charge < -0.3 is 20.1 Å². The van der Waals surface area contributed by atoms with Crippen molar-refractivity contribution in [3.05, 3.63) is 30.0 Å². The van der Waals surface area contributed by atoms with Gasteiger partial charge >= 0.3 is 0 Å². The molecule has 0 aliphatic carbocycles. The zero-order chi connectivity index (χ0) is 16.1. The van der Waals surface area contributed by atoms with E-state index in [0.717, 1.165) is 22.2 Å². The molecule has 22 heavy (non-hydrogen) atoms. The van der Waals surface area contributed by atoms with Gasteiger partial charge in [-0.1, -0.05) is 19.9 Å². The van der Waals surface area contributed by atoms with Gasteiger partial charge in [0.15, 0.2) is 0 Å². The number of amides is 1. The molecule has 2 aromatic rings.